The minimum atomic E-state index is -0.371. The Morgan fingerprint density at radius 2 is 1.48 bits per heavy atom. The first kappa shape index (κ1) is 20.1. The van der Waals surface area contributed by atoms with Gasteiger partial charge in [-0.15, -0.1) is 0 Å². The highest BCUT2D eigenvalue weighted by Gasteiger charge is 2.05. The molecule has 0 atom stereocenters. The summed E-state index contributed by atoms with van der Waals surface area (Å²) in [6.07, 6.45) is 9.73. The third-order valence-corrected chi connectivity index (χ3v) is 3.89. The molecule has 0 aliphatic carbocycles. The predicted molar refractivity (Wildman–Crippen MR) is 95.5 cm³/mol. The van der Waals surface area contributed by atoms with Gasteiger partial charge in [-0.25, -0.2) is 4.79 Å². The number of carbonyl (C=O) groups is 1. The first-order valence-electron chi connectivity index (χ1n) is 8.36. The number of benzene rings is 1. The molecule has 1 rings (SSSR count). The van der Waals surface area contributed by atoms with Crippen LogP contribution in [0.25, 0.3) is 0 Å². The van der Waals surface area contributed by atoms with Crippen LogP contribution in [-0.2, 0) is 9.53 Å². The van der Waals surface area contributed by atoms with E-state index in [1.807, 2.05) is 0 Å². The molecule has 0 amide bonds. The fraction of sp³-hybridized carbons (Fsp3) is 0.611. The molecule has 0 unspecified atom stereocenters. The van der Waals surface area contributed by atoms with E-state index in [-0.39, 0.29) is 12.6 Å². The van der Waals surface area contributed by atoms with Gasteiger partial charge in [-0.05, 0) is 24.6 Å². The fourth-order valence-electron chi connectivity index (χ4n) is 2.22. The Balaban J connectivity index is 2.02. The largest absolute Gasteiger partial charge is 0.482 e. The van der Waals surface area contributed by atoms with Crippen LogP contribution in [0.15, 0.2) is 18.2 Å². The van der Waals surface area contributed by atoms with Gasteiger partial charge in [-0.1, -0.05) is 75.1 Å². The van der Waals surface area contributed by atoms with Crippen LogP contribution in [0, 0.1) is 0 Å². The van der Waals surface area contributed by atoms with Gasteiger partial charge in [-0.2, -0.15) is 0 Å². The van der Waals surface area contributed by atoms with Crippen molar-refractivity contribution in [3.8, 4) is 5.75 Å². The van der Waals surface area contributed by atoms with E-state index in [1.54, 1.807) is 18.2 Å². The first-order valence-corrected chi connectivity index (χ1v) is 9.12. The average molecular weight is 361 g/mol. The van der Waals surface area contributed by atoms with Crippen molar-refractivity contribution in [2.75, 3.05) is 13.2 Å². The lowest BCUT2D eigenvalue weighted by atomic mass is 10.1. The lowest BCUT2D eigenvalue weighted by molar-refractivity contribution is -0.146. The maximum Gasteiger partial charge on any atom is 0.344 e. The highest BCUT2D eigenvalue weighted by atomic mass is 35.5. The van der Waals surface area contributed by atoms with E-state index >= 15 is 0 Å². The Hall–Kier alpha value is -0.930. The Morgan fingerprint density at radius 3 is 2.09 bits per heavy atom. The third kappa shape index (κ3) is 10.5. The van der Waals surface area contributed by atoms with Crippen molar-refractivity contribution >= 4 is 29.2 Å². The summed E-state index contributed by atoms with van der Waals surface area (Å²) in [5.41, 5.74) is 0. The van der Waals surface area contributed by atoms with Gasteiger partial charge >= 0.3 is 5.97 Å². The first-order chi connectivity index (χ1) is 11.1. The number of ether oxygens (including phenoxy) is 2. The van der Waals surface area contributed by atoms with Gasteiger partial charge in [-0.3, -0.25) is 0 Å². The summed E-state index contributed by atoms with van der Waals surface area (Å²) in [6, 6.07) is 4.83. The summed E-state index contributed by atoms with van der Waals surface area (Å²) < 4.78 is 10.5. The standard InChI is InChI=1S/C18H26Cl2O3/c1-2-3-4-5-6-7-8-9-10-22-18(21)14-23-17-12-15(19)11-16(20)13-17/h11-13H,2-10,14H2,1H3. The summed E-state index contributed by atoms with van der Waals surface area (Å²) in [5, 5.41) is 0.944. The number of hydrogen-bond acceptors (Lipinski definition) is 3. The summed E-state index contributed by atoms with van der Waals surface area (Å²) in [7, 11) is 0. The van der Waals surface area contributed by atoms with Crippen molar-refractivity contribution in [1.82, 2.24) is 0 Å². The fourth-order valence-corrected chi connectivity index (χ4v) is 2.72. The highest BCUT2D eigenvalue weighted by molar-refractivity contribution is 6.34. The van der Waals surface area contributed by atoms with Gasteiger partial charge in [0.1, 0.15) is 5.75 Å². The van der Waals surface area contributed by atoms with E-state index < -0.39 is 0 Å². The van der Waals surface area contributed by atoms with Crippen LogP contribution in [-0.4, -0.2) is 19.2 Å². The molecule has 1 aromatic carbocycles. The normalized spacial score (nSPS) is 10.6. The molecule has 0 fully saturated rings. The Bertz CT molecular complexity index is 443. The highest BCUT2D eigenvalue weighted by Crippen LogP contribution is 2.24. The van der Waals surface area contributed by atoms with Crippen LogP contribution in [0.2, 0.25) is 10.0 Å². The zero-order valence-electron chi connectivity index (χ0n) is 13.8. The van der Waals surface area contributed by atoms with E-state index in [4.69, 9.17) is 32.7 Å². The molecule has 1 aromatic rings. The lowest BCUT2D eigenvalue weighted by Crippen LogP contribution is -2.15. The van der Waals surface area contributed by atoms with Crippen LogP contribution in [0.1, 0.15) is 58.3 Å². The lowest BCUT2D eigenvalue weighted by Gasteiger charge is -2.08. The second-order valence-corrected chi connectivity index (χ2v) is 6.46. The summed E-state index contributed by atoms with van der Waals surface area (Å²) in [6.45, 7) is 2.54. The molecular formula is C18H26Cl2O3. The van der Waals surface area contributed by atoms with Crippen LogP contribution in [0.4, 0.5) is 0 Å². The summed E-state index contributed by atoms with van der Waals surface area (Å²) in [4.78, 5) is 11.6. The summed E-state index contributed by atoms with van der Waals surface area (Å²) in [5.74, 6) is 0.0931. The zero-order chi connectivity index (χ0) is 16.9. The molecule has 23 heavy (non-hydrogen) atoms. The van der Waals surface area contributed by atoms with E-state index in [0.717, 1.165) is 12.8 Å². The molecule has 0 saturated carbocycles. The van der Waals surface area contributed by atoms with Gasteiger partial charge in [0, 0.05) is 10.0 Å². The Morgan fingerprint density at radius 1 is 0.913 bits per heavy atom. The molecule has 5 heteroatoms. The van der Waals surface area contributed by atoms with Gasteiger partial charge in [0.25, 0.3) is 0 Å². The number of carbonyl (C=O) groups excluding carboxylic acids is 1. The van der Waals surface area contributed by atoms with E-state index in [1.165, 1.54) is 38.5 Å². The molecular weight excluding hydrogens is 335 g/mol. The Kier molecular flexibility index (Phi) is 10.9. The van der Waals surface area contributed by atoms with Crippen LogP contribution in [0.3, 0.4) is 0 Å². The van der Waals surface area contributed by atoms with E-state index in [0.29, 0.717) is 22.4 Å². The molecule has 0 bridgehead atoms. The number of esters is 1. The quantitative estimate of drug-likeness (QED) is 0.335. The van der Waals surface area contributed by atoms with Gasteiger partial charge < -0.3 is 9.47 Å². The molecule has 0 aliphatic rings. The number of rotatable bonds is 12. The molecule has 130 valence electrons. The minimum absolute atomic E-state index is 0.131. The van der Waals surface area contributed by atoms with Crippen molar-refractivity contribution < 1.29 is 14.3 Å². The van der Waals surface area contributed by atoms with Gasteiger partial charge in [0.15, 0.2) is 6.61 Å². The molecule has 0 saturated heterocycles. The number of hydrogen-bond donors (Lipinski definition) is 0. The van der Waals surface area contributed by atoms with Crippen LogP contribution in [0.5, 0.6) is 5.75 Å². The smallest absolute Gasteiger partial charge is 0.344 e. The topological polar surface area (TPSA) is 35.5 Å². The van der Waals surface area contributed by atoms with Crippen molar-refractivity contribution in [2.45, 2.75) is 58.3 Å². The van der Waals surface area contributed by atoms with Crippen molar-refractivity contribution in [3.05, 3.63) is 28.2 Å². The number of unbranched alkanes of at least 4 members (excludes halogenated alkanes) is 7. The van der Waals surface area contributed by atoms with E-state index in [2.05, 4.69) is 6.92 Å². The molecule has 0 aliphatic heterocycles. The van der Waals surface area contributed by atoms with Crippen molar-refractivity contribution in [3.63, 3.8) is 0 Å². The van der Waals surface area contributed by atoms with Gasteiger partial charge in [0.2, 0.25) is 0 Å². The maximum atomic E-state index is 11.6. The van der Waals surface area contributed by atoms with E-state index in [9.17, 15) is 4.79 Å². The monoisotopic (exact) mass is 360 g/mol. The van der Waals surface area contributed by atoms with Crippen LogP contribution < -0.4 is 4.74 Å². The molecule has 3 nitrogen and oxygen atoms in total. The third-order valence-electron chi connectivity index (χ3n) is 3.45. The molecule has 0 heterocycles. The zero-order valence-corrected chi connectivity index (χ0v) is 15.3. The van der Waals surface area contributed by atoms with Crippen molar-refractivity contribution in [2.24, 2.45) is 0 Å². The predicted octanol–water partition coefficient (Wildman–Crippen LogP) is 6.06. The maximum absolute atomic E-state index is 11.6. The average Bonchev–Trinajstić information content (AvgIpc) is 2.50. The molecule has 0 N–H and O–H groups in total. The minimum Gasteiger partial charge on any atom is -0.482 e. The second-order valence-electron chi connectivity index (χ2n) is 5.59. The summed E-state index contributed by atoms with van der Waals surface area (Å²) >= 11 is 11.7. The van der Waals surface area contributed by atoms with Crippen molar-refractivity contribution in [1.29, 1.82) is 0 Å². The van der Waals surface area contributed by atoms with Gasteiger partial charge in [0.05, 0.1) is 6.61 Å². The molecule has 0 spiro atoms. The number of halogens is 2. The molecule has 0 radical (unpaired) electrons. The SMILES string of the molecule is CCCCCCCCCCOC(=O)COc1cc(Cl)cc(Cl)c1. The van der Waals surface area contributed by atoms with Crippen LogP contribution >= 0.6 is 23.2 Å². The second kappa shape index (κ2) is 12.5. The Labute approximate surface area is 149 Å². The molecule has 0 aromatic heterocycles.